The number of fused-ring (bicyclic) bond motifs is 1. The average molecular weight is 278 g/mol. The number of hydrogen-bond acceptors (Lipinski definition) is 3. The van der Waals surface area contributed by atoms with E-state index in [1.165, 1.54) is 0 Å². The lowest BCUT2D eigenvalue weighted by Crippen LogP contribution is -2.47. The Kier molecular flexibility index (Phi) is 4.45. The predicted molar refractivity (Wildman–Crippen MR) is 72.7 cm³/mol. The summed E-state index contributed by atoms with van der Waals surface area (Å²) in [6.07, 6.45) is 1.09. The van der Waals surface area contributed by atoms with Gasteiger partial charge in [-0.3, -0.25) is 0 Å². The molecule has 0 bridgehead atoms. The maximum Gasteiger partial charge on any atom is 0.326 e. The largest absolute Gasteiger partial charge is 0.491 e. The first-order chi connectivity index (χ1) is 9.61. The van der Waals surface area contributed by atoms with Crippen LogP contribution in [0.25, 0.3) is 0 Å². The molecule has 6 nitrogen and oxygen atoms in total. The summed E-state index contributed by atoms with van der Waals surface area (Å²) in [7, 11) is 0. The monoisotopic (exact) mass is 278 g/mol. The van der Waals surface area contributed by atoms with E-state index >= 15 is 0 Å². The third-order valence-electron chi connectivity index (χ3n) is 3.19. The van der Waals surface area contributed by atoms with E-state index in [4.69, 9.17) is 9.84 Å². The van der Waals surface area contributed by atoms with Crippen LogP contribution in [0.1, 0.15) is 31.4 Å². The van der Waals surface area contributed by atoms with Gasteiger partial charge >= 0.3 is 12.0 Å². The summed E-state index contributed by atoms with van der Waals surface area (Å²) in [6, 6.07) is 5.86. The molecule has 1 heterocycles. The van der Waals surface area contributed by atoms with Gasteiger partial charge in [-0.25, -0.2) is 9.59 Å². The van der Waals surface area contributed by atoms with Crippen LogP contribution in [0, 0.1) is 0 Å². The van der Waals surface area contributed by atoms with Crippen molar-refractivity contribution in [2.24, 2.45) is 0 Å². The van der Waals surface area contributed by atoms with E-state index in [-0.39, 0.29) is 6.04 Å². The number of hydrogen-bond donors (Lipinski definition) is 3. The molecule has 2 amide bonds. The number of ether oxygens (including phenoxy) is 1. The number of carbonyl (C=O) groups excluding carboxylic acids is 1. The lowest BCUT2D eigenvalue weighted by molar-refractivity contribution is -0.139. The van der Waals surface area contributed by atoms with Gasteiger partial charge < -0.3 is 20.5 Å². The molecule has 0 spiro atoms. The second-order valence-corrected chi connectivity index (χ2v) is 4.70. The fourth-order valence-corrected chi connectivity index (χ4v) is 2.19. The smallest absolute Gasteiger partial charge is 0.326 e. The minimum atomic E-state index is -1.02. The summed E-state index contributed by atoms with van der Waals surface area (Å²) in [5.41, 5.74) is 0.907. The number of para-hydroxylation sites is 1. The molecule has 6 heteroatoms. The number of carboxylic acids is 1. The van der Waals surface area contributed by atoms with Gasteiger partial charge in [-0.2, -0.15) is 0 Å². The quantitative estimate of drug-likeness (QED) is 0.764. The summed E-state index contributed by atoms with van der Waals surface area (Å²) < 4.78 is 5.45. The van der Waals surface area contributed by atoms with E-state index in [1.807, 2.05) is 31.2 Å². The molecule has 1 unspecified atom stereocenters. The van der Waals surface area contributed by atoms with Crippen molar-refractivity contribution in [1.29, 1.82) is 0 Å². The maximum atomic E-state index is 11.9. The zero-order chi connectivity index (χ0) is 14.5. The normalized spacial score (nSPS) is 17.8. The first-order valence-corrected chi connectivity index (χ1v) is 6.63. The van der Waals surface area contributed by atoms with Crippen LogP contribution in [0.4, 0.5) is 4.79 Å². The van der Waals surface area contributed by atoms with Crippen molar-refractivity contribution in [3.63, 3.8) is 0 Å². The first kappa shape index (κ1) is 14.2. The summed E-state index contributed by atoms with van der Waals surface area (Å²) in [4.78, 5) is 22.9. The molecule has 0 aliphatic carbocycles. The van der Waals surface area contributed by atoms with Gasteiger partial charge in [0.05, 0.1) is 6.04 Å². The summed E-state index contributed by atoms with van der Waals surface area (Å²) in [6.45, 7) is 2.23. The molecule has 0 saturated heterocycles. The number of rotatable bonds is 5. The molecule has 108 valence electrons. The molecule has 1 aromatic carbocycles. The number of nitrogens with one attached hydrogen (secondary N) is 2. The van der Waals surface area contributed by atoms with Crippen molar-refractivity contribution >= 4 is 12.0 Å². The van der Waals surface area contributed by atoms with Gasteiger partial charge in [-0.05, 0) is 12.5 Å². The predicted octanol–water partition coefficient (Wildman–Crippen LogP) is 1.67. The van der Waals surface area contributed by atoms with Crippen molar-refractivity contribution in [3.05, 3.63) is 29.8 Å². The van der Waals surface area contributed by atoms with Crippen LogP contribution in [0.15, 0.2) is 24.3 Å². The Balaban J connectivity index is 1.94. The van der Waals surface area contributed by atoms with Crippen molar-refractivity contribution in [1.82, 2.24) is 10.6 Å². The molecule has 0 fully saturated rings. The molecule has 1 aliphatic heterocycles. The Morgan fingerprint density at radius 3 is 2.90 bits per heavy atom. The van der Waals surface area contributed by atoms with Gasteiger partial charge in [-0.1, -0.05) is 31.5 Å². The van der Waals surface area contributed by atoms with E-state index in [1.54, 1.807) is 0 Å². The Morgan fingerprint density at radius 2 is 2.20 bits per heavy atom. The highest BCUT2D eigenvalue weighted by Gasteiger charge is 2.26. The van der Waals surface area contributed by atoms with Gasteiger partial charge in [0.15, 0.2) is 0 Å². The molecular formula is C14H18N2O4. The van der Waals surface area contributed by atoms with Crippen molar-refractivity contribution < 1.29 is 19.4 Å². The molecule has 0 aromatic heterocycles. The van der Waals surface area contributed by atoms with Gasteiger partial charge in [-0.15, -0.1) is 0 Å². The molecule has 1 aromatic rings. The highest BCUT2D eigenvalue weighted by atomic mass is 16.5. The zero-order valence-corrected chi connectivity index (χ0v) is 11.3. The zero-order valence-electron chi connectivity index (χ0n) is 11.3. The molecule has 1 aliphatic rings. The number of carboxylic acid groups (broad SMARTS) is 1. The number of aliphatic carboxylic acids is 1. The third-order valence-corrected chi connectivity index (χ3v) is 3.19. The Labute approximate surface area is 117 Å². The summed E-state index contributed by atoms with van der Waals surface area (Å²) in [5.74, 6) is -0.272. The van der Waals surface area contributed by atoms with Crippen LogP contribution >= 0.6 is 0 Å². The number of amides is 2. The van der Waals surface area contributed by atoms with E-state index in [2.05, 4.69) is 10.6 Å². The van der Waals surface area contributed by atoms with Crippen LogP contribution in [0.5, 0.6) is 5.75 Å². The number of benzene rings is 1. The minimum absolute atomic E-state index is 0.248. The Morgan fingerprint density at radius 1 is 1.45 bits per heavy atom. The van der Waals surface area contributed by atoms with Crippen LogP contribution in [0.2, 0.25) is 0 Å². The number of carbonyl (C=O) groups is 2. The lowest BCUT2D eigenvalue weighted by Gasteiger charge is -2.17. The highest BCUT2D eigenvalue weighted by molar-refractivity contribution is 5.82. The van der Waals surface area contributed by atoms with E-state index in [0.29, 0.717) is 19.4 Å². The first-order valence-electron chi connectivity index (χ1n) is 6.63. The van der Waals surface area contributed by atoms with Crippen molar-refractivity contribution in [3.8, 4) is 5.75 Å². The van der Waals surface area contributed by atoms with Gasteiger partial charge in [0.2, 0.25) is 0 Å². The van der Waals surface area contributed by atoms with Crippen molar-refractivity contribution in [2.45, 2.75) is 31.8 Å². The SMILES string of the molecule is CCC[C@@H](NC(=O)NC1COc2ccccc21)C(=O)O. The van der Waals surface area contributed by atoms with Gasteiger partial charge in [0.25, 0.3) is 0 Å². The molecular weight excluding hydrogens is 260 g/mol. The molecule has 20 heavy (non-hydrogen) atoms. The fraction of sp³-hybridized carbons (Fsp3) is 0.429. The van der Waals surface area contributed by atoms with E-state index in [0.717, 1.165) is 11.3 Å². The molecule has 3 N–H and O–H groups in total. The van der Waals surface area contributed by atoms with Gasteiger partial charge in [0, 0.05) is 5.56 Å². The second kappa shape index (κ2) is 6.27. The average Bonchev–Trinajstić information content (AvgIpc) is 2.81. The standard InChI is InChI=1S/C14H18N2O4/c1-2-5-10(13(17)18)15-14(19)16-11-8-20-12-7-4-3-6-9(11)12/h3-4,6-7,10-11H,2,5,8H2,1H3,(H,17,18)(H2,15,16,19)/t10-,11?/m1/s1. The van der Waals surface area contributed by atoms with E-state index in [9.17, 15) is 9.59 Å². The van der Waals surface area contributed by atoms with Crippen LogP contribution in [-0.4, -0.2) is 29.8 Å². The highest BCUT2D eigenvalue weighted by Crippen LogP contribution is 2.31. The van der Waals surface area contributed by atoms with Gasteiger partial charge in [0.1, 0.15) is 18.4 Å². The summed E-state index contributed by atoms with van der Waals surface area (Å²) >= 11 is 0. The minimum Gasteiger partial charge on any atom is -0.491 e. The van der Waals surface area contributed by atoms with E-state index < -0.39 is 18.0 Å². The fourth-order valence-electron chi connectivity index (χ4n) is 2.19. The Hall–Kier alpha value is -2.24. The van der Waals surface area contributed by atoms with Crippen LogP contribution in [-0.2, 0) is 4.79 Å². The molecule has 2 rings (SSSR count). The lowest BCUT2D eigenvalue weighted by atomic mass is 10.1. The van der Waals surface area contributed by atoms with Crippen LogP contribution < -0.4 is 15.4 Å². The molecule has 2 atom stereocenters. The molecule has 0 radical (unpaired) electrons. The summed E-state index contributed by atoms with van der Waals surface area (Å²) in [5, 5.41) is 14.2. The van der Waals surface area contributed by atoms with Crippen molar-refractivity contribution in [2.75, 3.05) is 6.61 Å². The topological polar surface area (TPSA) is 87.7 Å². The number of urea groups is 1. The van der Waals surface area contributed by atoms with Crippen LogP contribution in [0.3, 0.4) is 0 Å². The molecule has 0 saturated carbocycles. The Bertz CT molecular complexity index is 504. The maximum absolute atomic E-state index is 11.9. The second-order valence-electron chi connectivity index (χ2n) is 4.70. The third kappa shape index (κ3) is 3.20.